The van der Waals surface area contributed by atoms with Crippen LogP contribution >= 0.6 is 0 Å². The van der Waals surface area contributed by atoms with Crippen LogP contribution in [0.4, 0.5) is 5.82 Å². The van der Waals surface area contributed by atoms with E-state index < -0.39 is 0 Å². The van der Waals surface area contributed by atoms with Crippen molar-refractivity contribution >= 4 is 16.9 Å². The minimum atomic E-state index is 0.512. The van der Waals surface area contributed by atoms with Gasteiger partial charge in [0.15, 0.2) is 5.82 Å². The first-order valence-corrected chi connectivity index (χ1v) is 5.98. The molecule has 3 aromatic heterocycles. The Balaban J connectivity index is 2.18. The smallest absolute Gasteiger partial charge is 0.170 e. The van der Waals surface area contributed by atoms with Crippen molar-refractivity contribution in [3.8, 4) is 0 Å². The van der Waals surface area contributed by atoms with Crippen LogP contribution in [0.1, 0.15) is 17.1 Å². The zero-order valence-electron chi connectivity index (χ0n) is 11.1. The fraction of sp³-hybridized carbons (Fsp3) is 0.333. The molecule has 0 saturated carbocycles. The van der Waals surface area contributed by atoms with Crippen LogP contribution in [0.25, 0.3) is 11.0 Å². The van der Waals surface area contributed by atoms with Crippen LogP contribution in [-0.4, -0.2) is 29.3 Å². The van der Waals surface area contributed by atoms with E-state index in [1.165, 1.54) is 6.33 Å². The minimum Gasteiger partial charge on any atom is -0.383 e. The number of fused-ring (bicyclic) bond motifs is 1. The quantitative estimate of drug-likeness (QED) is 0.734. The van der Waals surface area contributed by atoms with E-state index in [1.54, 1.807) is 11.0 Å². The first kappa shape index (κ1) is 11.6. The fourth-order valence-corrected chi connectivity index (χ4v) is 2.29. The SMILES string of the molecule is Cc1c(C)n(Cc2ncn(C)n2)c2ncnc(N)c12. The van der Waals surface area contributed by atoms with E-state index >= 15 is 0 Å². The summed E-state index contributed by atoms with van der Waals surface area (Å²) in [7, 11) is 1.85. The van der Waals surface area contributed by atoms with Crippen LogP contribution in [0, 0.1) is 13.8 Å². The van der Waals surface area contributed by atoms with Gasteiger partial charge in [-0.3, -0.25) is 4.68 Å². The van der Waals surface area contributed by atoms with Gasteiger partial charge < -0.3 is 10.3 Å². The van der Waals surface area contributed by atoms with Crippen LogP contribution in [0.2, 0.25) is 0 Å². The van der Waals surface area contributed by atoms with E-state index in [1.807, 2.05) is 20.9 Å². The van der Waals surface area contributed by atoms with Crippen molar-refractivity contribution in [2.75, 3.05) is 5.73 Å². The molecule has 3 heterocycles. The first-order chi connectivity index (χ1) is 9.08. The van der Waals surface area contributed by atoms with E-state index in [0.717, 1.165) is 28.1 Å². The van der Waals surface area contributed by atoms with Gasteiger partial charge in [-0.05, 0) is 19.4 Å². The van der Waals surface area contributed by atoms with Gasteiger partial charge in [0.05, 0.1) is 11.9 Å². The van der Waals surface area contributed by atoms with E-state index in [-0.39, 0.29) is 0 Å². The summed E-state index contributed by atoms with van der Waals surface area (Å²) < 4.78 is 3.75. The number of nitrogen functional groups attached to an aromatic ring is 1. The Hall–Kier alpha value is -2.44. The highest BCUT2D eigenvalue weighted by Gasteiger charge is 2.16. The van der Waals surface area contributed by atoms with Crippen LogP contribution in [0.15, 0.2) is 12.7 Å². The molecule has 0 aromatic carbocycles. The highest BCUT2D eigenvalue weighted by molar-refractivity contribution is 5.90. The van der Waals surface area contributed by atoms with Gasteiger partial charge in [-0.2, -0.15) is 5.10 Å². The third-order valence-corrected chi connectivity index (χ3v) is 3.38. The standard InChI is InChI=1S/C12H15N7/c1-7-8(2)19(4-9-16-6-18(3)17-9)12-10(7)11(13)14-5-15-12/h5-6H,4H2,1-3H3,(H2,13,14,15). The molecule has 0 aliphatic rings. The third-order valence-electron chi connectivity index (χ3n) is 3.38. The molecule has 0 bridgehead atoms. The number of hydrogen-bond donors (Lipinski definition) is 1. The molecule has 0 spiro atoms. The van der Waals surface area contributed by atoms with Gasteiger partial charge in [0.2, 0.25) is 0 Å². The van der Waals surface area contributed by atoms with Crippen molar-refractivity contribution < 1.29 is 0 Å². The monoisotopic (exact) mass is 257 g/mol. The molecule has 0 aliphatic carbocycles. The van der Waals surface area contributed by atoms with Gasteiger partial charge >= 0.3 is 0 Å². The van der Waals surface area contributed by atoms with Gasteiger partial charge in [0.25, 0.3) is 0 Å². The predicted octanol–water partition coefficient (Wildman–Crippen LogP) is 0.807. The third kappa shape index (κ3) is 1.74. The summed E-state index contributed by atoms with van der Waals surface area (Å²) in [6.45, 7) is 4.65. The maximum Gasteiger partial charge on any atom is 0.170 e. The van der Waals surface area contributed by atoms with Crippen LogP contribution in [0.5, 0.6) is 0 Å². The molecule has 0 atom stereocenters. The second-order valence-corrected chi connectivity index (χ2v) is 4.59. The maximum absolute atomic E-state index is 5.94. The number of nitrogens with zero attached hydrogens (tertiary/aromatic N) is 6. The molecule has 2 N–H and O–H groups in total. The van der Waals surface area contributed by atoms with E-state index in [4.69, 9.17) is 5.73 Å². The second-order valence-electron chi connectivity index (χ2n) is 4.59. The highest BCUT2D eigenvalue weighted by atomic mass is 15.3. The summed E-state index contributed by atoms with van der Waals surface area (Å²) in [5, 5.41) is 5.21. The van der Waals surface area contributed by atoms with Gasteiger partial charge in [0, 0.05) is 12.7 Å². The van der Waals surface area contributed by atoms with Crippen molar-refractivity contribution in [3.05, 3.63) is 29.7 Å². The summed E-state index contributed by atoms with van der Waals surface area (Å²) in [5.74, 6) is 1.26. The lowest BCUT2D eigenvalue weighted by Gasteiger charge is -2.04. The van der Waals surface area contributed by atoms with Gasteiger partial charge in [0.1, 0.15) is 24.1 Å². The van der Waals surface area contributed by atoms with Crippen molar-refractivity contribution in [3.63, 3.8) is 0 Å². The van der Waals surface area contributed by atoms with Crippen molar-refractivity contribution in [1.29, 1.82) is 0 Å². The van der Waals surface area contributed by atoms with Crippen molar-refractivity contribution in [2.24, 2.45) is 7.05 Å². The average Bonchev–Trinajstić information content (AvgIpc) is 2.88. The molecule has 98 valence electrons. The zero-order chi connectivity index (χ0) is 13.6. The lowest BCUT2D eigenvalue weighted by Crippen LogP contribution is -2.05. The molecule has 0 aliphatic heterocycles. The number of aromatic nitrogens is 6. The number of hydrogen-bond acceptors (Lipinski definition) is 5. The molecule has 3 aromatic rings. The Morgan fingerprint density at radius 2 is 2.00 bits per heavy atom. The topological polar surface area (TPSA) is 87.4 Å². The van der Waals surface area contributed by atoms with E-state index in [2.05, 4.69) is 24.6 Å². The Morgan fingerprint density at radius 3 is 2.68 bits per heavy atom. The predicted molar refractivity (Wildman–Crippen MR) is 71.5 cm³/mol. The Kier molecular flexibility index (Phi) is 2.48. The molecule has 0 fully saturated rings. The average molecular weight is 257 g/mol. The van der Waals surface area contributed by atoms with Crippen molar-refractivity contribution in [2.45, 2.75) is 20.4 Å². The first-order valence-electron chi connectivity index (χ1n) is 5.98. The summed E-state index contributed by atoms with van der Waals surface area (Å²) in [6, 6.07) is 0. The molecule has 19 heavy (non-hydrogen) atoms. The summed E-state index contributed by atoms with van der Waals surface area (Å²) in [4.78, 5) is 12.6. The Morgan fingerprint density at radius 1 is 1.21 bits per heavy atom. The molecule has 7 nitrogen and oxygen atoms in total. The number of rotatable bonds is 2. The molecule has 0 unspecified atom stereocenters. The lowest BCUT2D eigenvalue weighted by atomic mass is 10.2. The van der Waals surface area contributed by atoms with Crippen LogP contribution in [-0.2, 0) is 13.6 Å². The normalized spacial score (nSPS) is 11.3. The lowest BCUT2D eigenvalue weighted by molar-refractivity contribution is 0.701. The summed E-state index contributed by atoms with van der Waals surface area (Å²) in [5.41, 5.74) is 8.97. The molecular weight excluding hydrogens is 242 g/mol. The Labute approximate surface area is 110 Å². The molecule has 3 rings (SSSR count). The number of anilines is 1. The fourth-order valence-electron chi connectivity index (χ4n) is 2.29. The van der Waals surface area contributed by atoms with Gasteiger partial charge in [-0.15, -0.1) is 0 Å². The number of nitrogens with two attached hydrogens (primary N) is 1. The largest absolute Gasteiger partial charge is 0.383 e. The summed E-state index contributed by atoms with van der Waals surface area (Å²) >= 11 is 0. The zero-order valence-corrected chi connectivity index (χ0v) is 11.1. The second kappa shape index (κ2) is 4.04. The van der Waals surface area contributed by atoms with Gasteiger partial charge in [-0.1, -0.05) is 0 Å². The number of aryl methyl sites for hydroxylation is 2. The van der Waals surface area contributed by atoms with Crippen LogP contribution in [0.3, 0.4) is 0 Å². The molecule has 7 heteroatoms. The van der Waals surface area contributed by atoms with E-state index in [9.17, 15) is 0 Å². The summed E-state index contributed by atoms with van der Waals surface area (Å²) in [6.07, 6.45) is 3.17. The van der Waals surface area contributed by atoms with Gasteiger partial charge in [-0.25, -0.2) is 15.0 Å². The highest BCUT2D eigenvalue weighted by Crippen LogP contribution is 2.27. The molecule has 0 amide bonds. The molecule has 0 saturated heterocycles. The maximum atomic E-state index is 5.94. The van der Waals surface area contributed by atoms with E-state index in [0.29, 0.717) is 12.4 Å². The van der Waals surface area contributed by atoms with Crippen molar-refractivity contribution in [1.82, 2.24) is 29.3 Å². The molecule has 0 radical (unpaired) electrons. The minimum absolute atomic E-state index is 0.512. The molecular formula is C12H15N7. The Bertz CT molecular complexity index is 753. The van der Waals surface area contributed by atoms with Crippen LogP contribution < -0.4 is 5.73 Å².